The van der Waals surface area contributed by atoms with Gasteiger partial charge in [-0.15, -0.1) is 17.5 Å². The van der Waals surface area contributed by atoms with Crippen LogP contribution in [0.5, 0.6) is 0 Å². The number of hydroxylamine groups is 2. The molecular weight excluding hydrogens is 168 g/mol. The van der Waals surface area contributed by atoms with E-state index in [1.807, 2.05) is 0 Å². The number of carbonyl (C=O) groups is 1. The number of rotatable bonds is 1. The summed E-state index contributed by atoms with van der Waals surface area (Å²) in [7, 11) is 0. The molecule has 5 heteroatoms. The van der Waals surface area contributed by atoms with Gasteiger partial charge in [0.25, 0.3) is 0 Å². The second-order valence-corrected chi connectivity index (χ2v) is 2.26. The van der Waals surface area contributed by atoms with Crippen molar-refractivity contribution in [3.05, 3.63) is 0 Å². The molecular formula is C6H13ClN2O2. The molecule has 1 heterocycles. The Labute approximate surface area is 72.3 Å². The van der Waals surface area contributed by atoms with Crippen molar-refractivity contribution in [2.45, 2.75) is 6.92 Å². The van der Waals surface area contributed by atoms with Crippen molar-refractivity contribution in [1.29, 1.82) is 0 Å². The van der Waals surface area contributed by atoms with Gasteiger partial charge in [0.1, 0.15) is 0 Å². The molecule has 11 heavy (non-hydrogen) atoms. The molecule has 0 bridgehead atoms. The smallest absolute Gasteiger partial charge is 0.322 e. The van der Waals surface area contributed by atoms with Gasteiger partial charge >= 0.3 is 5.97 Å². The maximum Gasteiger partial charge on any atom is 0.322 e. The average molecular weight is 181 g/mol. The third-order valence-corrected chi connectivity index (χ3v) is 1.33. The second-order valence-electron chi connectivity index (χ2n) is 2.26. The van der Waals surface area contributed by atoms with Crippen LogP contribution in [0.15, 0.2) is 0 Å². The molecule has 1 aliphatic rings. The van der Waals surface area contributed by atoms with E-state index in [0.717, 1.165) is 26.2 Å². The normalized spacial score (nSPS) is 18.6. The van der Waals surface area contributed by atoms with E-state index in [1.165, 1.54) is 6.92 Å². The molecule has 66 valence electrons. The van der Waals surface area contributed by atoms with Crippen LogP contribution in [0.1, 0.15) is 6.92 Å². The molecule has 0 spiro atoms. The van der Waals surface area contributed by atoms with Crippen LogP contribution in [0.25, 0.3) is 0 Å². The van der Waals surface area contributed by atoms with Crippen LogP contribution in [0, 0.1) is 0 Å². The summed E-state index contributed by atoms with van der Waals surface area (Å²) in [4.78, 5) is 15.3. The Morgan fingerprint density at radius 1 is 1.45 bits per heavy atom. The number of hydrogen-bond acceptors (Lipinski definition) is 4. The van der Waals surface area contributed by atoms with Gasteiger partial charge in [-0.25, -0.2) is 0 Å². The Balaban J connectivity index is 0.000001000. The zero-order chi connectivity index (χ0) is 7.40. The summed E-state index contributed by atoms with van der Waals surface area (Å²) in [6.45, 7) is 4.79. The van der Waals surface area contributed by atoms with Gasteiger partial charge in [0, 0.05) is 33.1 Å². The van der Waals surface area contributed by atoms with E-state index in [4.69, 9.17) is 4.84 Å². The summed E-state index contributed by atoms with van der Waals surface area (Å²) in [5.74, 6) is -0.234. The van der Waals surface area contributed by atoms with Crippen LogP contribution in [0.4, 0.5) is 0 Å². The van der Waals surface area contributed by atoms with E-state index in [9.17, 15) is 4.79 Å². The average Bonchev–Trinajstić information content (AvgIpc) is 1.88. The van der Waals surface area contributed by atoms with Gasteiger partial charge in [-0.3, -0.25) is 4.79 Å². The number of carbonyl (C=O) groups excluding carboxylic acids is 1. The number of halogens is 1. The lowest BCUT2D eigenvalue weighted by atomic mass is 10.4. The SMILES string of the molecule is CC(=O)ON1CCNCC1.Cl. The highest BCUT2D eigenvalue weighted by molar-refractivity contribution is 5.85. The van der Waals surface area contributed by atoms with Gasteiger partial charge in [-0.2, -0.15) is 0 Å². The van der Waals surface area contributed by atoms with E-state index in [-0.39, 0.29) is 18.4 Å². The Kier molecular flexibility index (Phi) is 5.19. The second kappa shape index (κ2) is 5.35. The van der Waals surface area contributed by atoms with Crippen molar-refractivity contribution in [2.24, 2.45) is 0 Å². The number of hydrogen-bond donors (Lipinski definition) is 1. The van der Waals surface area contributed by atoms with Crippen LogP contribution in [0.3, 0.4) is 0 Å². The Bertz CT molecular complexity index is 126. The molecule has 0 radical (unpaired) electrons. The van der Waals surface area contributed by atoms with Gasteiger partial charge in [-0.05, 0) is 0 Å². The zero-order valence-corrected chi connectivity index (χ0v) is 7.32. The summed E-state index contributed by atoms with van der Waals surface area (Å²) in [6.07, 6.45) is 0. The first-order valence-electron chi connectivity index (χ1n) is 3.43. The monoisotopic (exact) mass is 180 g/mol. The van der Waals surface area contributed by atoms with Gasteiger partial charge in [0.05, 0.1) is 0 Å². The molecule has 1 N–H and O–H groups in total. The number of nitrogens with zero attached hydrogens (tertiary/aromatic N) is 1. The minimum absolute atomic E-state index is 0. The van der Waals surface area contributed by atoms with Gasteiger partial charge < -0.3 is 10.2 Å². The maximum absolute atomic E-state index is 10.4. The summed E-state index contributed by atoms with van der Waals surface area (Å²) in [5, 5.41) is 4.83. The Morgan fingerprint density at radius 3 is 2.45 bits per heavy atom. The predicted molar refractivity (Wildman–Crippen MR) is 43.5 cm³/mol. The van der Waals surface area contributed by atoms with Gasteiger partial charge in [-0.1, -0.05) is 0 Å². The molecule has 1 aliphatic heterocycles. The lowest BCUT2D eigenvalue weighted by Gasteiger charge is -2.24. The Hall–Kier alpha value is -0.320. The van der Waals surface area contributed by atoms with E-state index in [2.05, 4.69) is 5.32 Å². The molecule has 0 amide bonds. The van der Waals surface area contributed by atoms with Crippen LogP contribution >= 0.6 is 12.4 Å². The molecule has 0 aromatic heterocycles. The minimum atomic E-state index is -0.234. The number of nitrogens with one attached hydrogen (secondary N) is 1. The van der Waals surface area contributed by atoms with Crippen LogP contribution < -0.4 is 5.32 Å². The molecule has 1 rings (SSSR count). The lowest BCUT2D eigenvalue weighted by molar-refractivity contribution is -0.189. The van der Waals surface area contributed by atoms with Crippen molar-refractivity contribution in [2.75, 3.05) is 26.2 Å². The van der Waals surface area contributed by atoms with Crippen molar-refractivity contribution in [3.63, 3.8) is 0 Å². The quantitative estimate of drug-likeness (QED) is 0.607. The molecule has 0 aliphatic carbocycles. The van der Waals surface area contributed by atoms with Crippen molar-refractivity contribution >= 4 is 18.4 Å². The fraction of sp³-hybridized carbons (Fsp3) is 0.833. The first kappa shape index (κ1) is 10.7. The predicted octanol–water partition coefficient (Wildman–Crippen LogP) is -0.208. The molecule has 4 nitrogen and oxygen atoms in total. The van der Waals surface area contributed by atoms with Crippen molar-refractivity contribution in [1.82, 2.24) is 10.4 Å². The summed E-state index contributed by atoms with van der Waals surface area (Å²) in [5.41, 5.74) is 0. The van der Waals surface area contributed by atoms with Crippen LogP contribution in [-0.2, 0) is 9.63 Å². The van der Waals surface area contributed by atoms with Gasteiger partial charge in [0.2, 0.25) is 0 Å². The topological polar surface area (TPSA) is 41.6 Å². The van der Waals surface area contributed by atoms with Crippen molar-refractivity contribution in [3.8, 4) is 0 Å². The zero-order valence-electron chi connectivity index (χ0n) is 6.50. The standard InChI is InChI=1S/C6H12N2O2.ClH/c1-6(9)10-8-4-2-7-3-5-8;/h7H,2-5H2,1H3;1H. The summed E-state index contributed by atoms with van der Waals surface area (Å²) < 4.78 is 0. The first-order chi connectivity index (χ1) is 4.79. The van der Waals surface area contributed by atoms with E-state index in [1.54, 1.807) is 5.06 Å². The minimum Gasteiger partial charge on any atom is -0.368 e. The summed E-state index contributed by atoms with van der Waals surface area (Å²) >= 11 is 0. The molecule has 0 atom stereocenters. The highest BCUT2D eigenvalue weighted by Gasteiger charge is 2.11. The largest absolute Gasteiger partial charge is 0.368 e. The van der Waals surface area contributed by atoms with Crippen LogP contribution in [-0.4, -0.2) is 37.2 Å². The summed E-state index contributed by atoms with van der Waals surface area (Å²) in [6, 6.07) is 0. The molecule has 1 fully saturated rings. The highest BCUT2D eigenvalue weighted by Crippen LogP contribution is 1.92. The van der Waals surface area contributed by atoms with E-state index >= 15 is 0 Å². The van der Waals surface area contributed by atoms with Gasteiger partial charge in [0.15, 0.2) is 0 Å². The molecule has 0 unspecified atom stereocenters. The first-order valence-corrected chi connectivity index (χ1v) is 3.43. The maximum atomic E-state index is 10.4. The highest BCUT2D eigenvalue weighted by atomic mass is 35.5. The van der Waals surface area contributed by atoms with Crippen LogP contribution in [0.2, 0.25) is 0 Å². The van der Waals surface area contributed by atoms with E-state index < -0.39 is 0 Å². The Morgan fingerprint density at radius 2 is 2.00 bits per heavy atom. The molecule has 0 aromatic rings. The lowest BCUT2D eigenvalue weighted by Crippen LogP contribution is -2.43. The number of piperazine rings is 1. The third-order valence-electron chi connectivity index (χ3n) is 1.33. The van der Waals surface area contributed by atoms with Crippen molar-refractivity contribution < 1.29 is 9.63 Å². The fourth-order valence-electron chi connectivity index (χ4n) is 0.917. The van der Waals surface area contributed by atoms with E-state index in [0.29, 0.717) is 0 Å². The molecule has 0 saturated carbocycles. The molecule has 0 aromatic carbocycles. The molecule has 1 saturated heterocycles. The fourth-order valence-corrected chi connectivity index (χ4v) is 0.917. The third kappa shape index (κ3) is 4.19.